The number of carbonyl (C=O) groups is 1. The lowest BCUT2D eigenvalue weighted by Crippen LogP contribution is -2.35. The molecule has 0 radical (unpaired) electrons. The smallest absolute Gasteiger partial charge is 0.293 e. The van der Waals surface area contributed by atoms with Crippen molar-refractivity contribution in [1.29, 1.82) is 0 Å². The first-order valence-corrected chi connectivity index (χ1v) is 10.2. The number of nitrogens with one attached hydrogen (secondary N) is 3. The van der Waals surface area contributed by atoms with Crippen LogP contribution in [0.1, 0.15) is 23.2 Å². The van der Waals surface area contributed by atoms with Crippen molar-refractivity contribution in [3.05, 3.63) is 64.2 Å². The van der Waals surface area contributed by atoms with Crippen LogP contribution in [0.5, 0.6) is 0 Å². The highest BCUT2D eigenvalue weighted by atomic mass is 32.2. The number of nitro benzene ring substituents is 1. The van der Waals surface area contributed by atoms with E-state index >= 15 is 0 Å². The van der Waals surface area contributed by atoms with Crippen molar-refractivity contribution >= 4 is 27.3 Å². The number of hydrogen-bond acceptors (Lipinski definition) is 7. The summed E-state index contributed by atoms with van der Waals surface area (Å²) in [4.78, 5) is 22.6. The molecule has 10 heteroatoms. The van der Waals surface area contributed by atoms with Gasteiger partial charge in [-0.3, -0.25) is 14.9 Å². The summed E-state index contributed by atoms with van der Waals surface area (Å²) < 4.78 is 27.0. The van der Waals surface area contributed by atoms with E-state index in [2.05, 4.69) is 10.6 Å². The molecule has 2 aromatic carbocycles. The van der Waals surface area contributed by atoms with Crippen LogP contribution in [-0.4, -0.2) is 38.4 Å². The number of anilines is 1. The lowest BCUT2D eigenvalue weighted by Gasteiger charge is -2.24. The quantitative estimate of drug-likeness (QED) is 0.495. The highest BCUT2D eigenvalue weighted by Gasteiger charge is 2.25. The number of rotatable bonds is 6. The molecule has 0 unspecified atom stereocenters. The zero-order chi connectivity index (χ0) is 20.1. The molecule has 1 aliphatic rings. The van der Waals surface area contributed by atoms with Crippen LogP contribution in [0.4, 0.5) is 11.4 Å². The lowest BCUT2D eigenvalue weighted by atomic mass is 10.1. The molecule has 3 rings (SSSR count). The van der Waals surface area contributed by atoms with Gasteiger partial charge in [-0.05, 0) is 50.2 Å². The standard InChI is InChI=1S/C18H20N4O5S/c23-18(13-4-2-1-3-5-13)21-28(26,27)15-6-7-16(17(12-15)22(24)25)20-14-8-10-19-11-9-14/h1-7,12,14,19-20H,8-11H2,(H,21,23). The highest BCUT2D eigenvalue weighted by molar-refractivity contribution is 7.90. The Balaban J connectivity index is 1.83. The van der Waals surface area contributed by atoms with Crippen LogP contribution in [0, 0.1) is 10.1 Å². The second-order valence-corrected chi connectivity index (χ2v) is 8.09. The Kier molecular flexibility index (Phi) is 5.90. The number of nitrogens with zero attached hydrogens (tertiary/aromatic N) is 1. The summed E-state index contributed by atoms with van der Waals surface area (Å²) in [7, 11) is -4.26. The van der Waals surface area contributed by atoms with Crippen LogP contribution in [0.2, 0.25) is 0 Å². The van der Waals surface area contributed by atoms with Crippen molar-refractivity contribution in [2.45, 2.75) is 23.8 Å². The molecule has 9 nitrogen and oxygen atoms in total. The molecule has 0 atom stereocenters. The van der Waals surface area contributed by atoms with Crippen molar-refractivity contribution in [1.82, 2.24) is 10.0 Å². The first kappa shape index (κ1) is 19.8. The second-order valence-electron chi connectivity index (χ2n) is 6.41. The van der Waals surface area contributed by atoms with Gasteiger partial charge in [0, 0.05) is 17.7 Å². The second kappa shape index (κ2) is 8.36. The van der Waals surface area contributed by atoms with Crippen LogP contribution in [0.3, 0.4) is 0 Å². The number of piperidine rings is 1. The van der Waals surface area contributed by atoms with Gasteiger partial charge in [0.15, 0.2) is 0 Å². The Labute approximate surface area is 162 Å². The Hall–Kier alpha value is -2.98. The van der Waals surface area contributed by atoms with Crippen LogP contribution in [0.15, 0.2) is 53.4 Å². The average Bonchev–Trinajstić information content (AvgIpc) is 2.69. The number of amides is 1. The van der Waals surface area contributed by atoms with Gasteiger partial charge in [0.05, 0.1) is 9.82 Å². The molecule has 2 aromatic rings. The summed E-state index contributed by atoms with van der Waals surface area (Å²) in [5.41, 5.74) is 0.0728. The van der Waals surface area contributed by atoms with Crippen LogP contribution < -0.4 is 15.4 Å². The molecule has 3 N–H and O–H groups in total. The summed E-state index contributed by atoms with van der Waals surface area (Å²) in [5, 5.41) is 17.8. The van der Waals surface area contributed by atoms with Crippen LogP contribution >= 0.6 is 0 Å². The predicted octanol–water partition coefficient (Wildman–Crippen LogP) is 1.88. The van der Waals surface area contributed by atoms with Crippen molar-refractivity contribution in [2.24, 2.45) is 0 Å². The normalized spacial score (nSPS) is 15.0. The lowest BCUT2D eigenvalue weighted by molar-refractivity contribution is -0.384. The van der Waals surface area contributed by atoms with E-state index in [0.29, 0.717) is 0 Å². The molecular weight excluding hydrogens is 384 g/mol. The molecule has 1 amide bonds. The number of benzene rings is 2. The van der Waals surface area contributed by atoms with E-state index in [1.807, 2.05) is 4.72 Å². The van der Waals surface area contributed by atoms with Gasteiger partial charge in [-0.15, -0.1) is 0 Å². The summed E-state index contributed by atoms with van der Waals surface area (Å²) in [6.45, 7) is 1.62. The van der Waals surface area contributed by atoms with Gasteiger partial charge < -0.3 is 10.6 Å². The van der Waals surface area contributed by atoms with E-state index in [1.54, 1.807) is 18.2 Å². The average molecular weight is 404 g/mol. The fraction of sp³-hybridized carbons (Fsp3) is 0.278. The molecule has 0 aromatic heterocycles. The monoisotopic (exact) mass is 404 g/mol. The molecule has 1 heterocycles. The minimum Gasteiger partial charge on any atom is -0.377 e. The third-order valence-corrected chi connectivity index (χ3v) is 5.77. The maximum absolute atomic E-state index is 12.5. The first-order chi connectivity index (χ1) is 13.4. The van der Waals surface area contributed by atoms with Crippen molar-refractivity contribution in [2.75, 3.05) is 18.4 Å². The number of sulfonamides is 1. The molecular formula is C18H20N4O5S. The third-order valence-electron chi connectivity index (χ3n) is 4.44. The third kappa shape index (κ3) is 4.65. The SMILES string of the molecule is O=C(NS(=O)(=O)c1ccc(NC2CCNCC2)c([N+](=O)[O-])c1)c1ccccc1. The summed E-state index contributed by atoms with van der Waals surface area (Å²) in [5.74, 6) is -0.805. The fourth-order valence-corrected chi connectivity index (χ4v) is 3.96. The summed E-state index contributed by atoms with van der Waals surface area (Å²) >= 11 is 0. The molecule has 1 aliphatic heterocycles. The van der Waals surface area contributed by atoms with Gasteiger partial charge in [-0.2, -0.15) is 0 Å². The molecule has 1 saturated heterocycles. The maximum atomic E-state index is 12.5. The van der Waals surface area contributed by atoms with Gasteiger partial charge in [-0.1, -0.05) is 18.2 Å². The van der Waals surface area contributed by atoms with Crippen molar-refractivity contribution in [3.8, 4) is 0 Å². The molecule has 0 aliphatic carbocycles. The molecule has 0 spiro atoms. The van der Waals surface area contributed by atoms with Gasteiger partial charge in [-0.25, -0.2) is 13.1 Å². The van der Waals surface area contributed by atoms with Crippen molar-refractivity contribution < 1.29 is 18.1 Å². The van der Waals surface area contributed by atoms with E-state index in [4.69, 9.17) is 0 Å². The molecule has 148 valence electrons. The summed E-state index contributed by atoms with van der Waals surface area (Å²) in [6, 6.07) is 11.5. The fourth-order valence-electron chi connectivity index (χ4n) is 2.97. The Bertz CT molecular complexity index is 973. The van der Waals surface area contributed by atoms with E-state index in [9.17, 15) is 23.3 Å². The number of hydrogen-bond donors (Lipinski definition) is 3. The van der Waals surface area contributed by atoms with Gasteiger partial charge in [0.1, 0.15) is 5.69 Å². The summed E-state index contributed by atoms with van der Waals surface area (Å²) in [6.07, 6.45) is 1.62. The molecule has 28 heavy (non-hydrogen) atoms. The van der Waals surface area contributed by atoms with E-state index in [1.165, 1.54) is 24.3 Å². The van der Waals surface area contributed by atoms with E-state index in [0.717, 1.165) is 32.0 Å². The van der Waals surface area contributed by atoms with E-state index in [-0.39, 0.29) is 27.9 Å². The Morgan fingerprint density at radius 3 is 2.43 bits per heavy atom. The zero-order valence-corrected chi connectivity index (χ0v) is 15.7. The van der Waals surface area contributed by atoms with Gasteiger partial charge >= 0.3 is 0 Å². The maximum Gasteiger partial charge on any atom is 0.293 e. The Morgan fingerprint density at radius 1 is 1.11 bits per heavy atom. The number of nitro groups is 1. The number of carbonyl (C=O) groups excluding carboxylic acids is 1. The van der Waals surface area contributed by atoms with Crippen LogP contribution in [-0.2, 0) is 10.0 Å². The van der Waals surface area contributed by atoms with Crippen LogP contribution in [0.25, 0.3) is 0 Å². The largest absolute Gasteiger partial charge is 0.377 e. The van der Waals surface area contributed by atoms with Crippen molar-refractivity contribution in [3.63, 3.8) is 0 Å². The highest BCUT2D eigenvalue weighted by Crippen LogP contribution is 2.29. The van der Waals surface area contributed by atoms with Gasteiger partial charge in [0.25, 0.3) is 21.6 Å². The topological polar surface area (TPSA) is 130 Å². The molecule has 1 fully saturated rings. The zero-order valence-electron chi connectivity index (χ0n) is 14.9. The Morgan fingerprint density at radius 2 is 1.79 bits per heavy atom. The van der Waals surface area contributed by atoms with Gasteiger partial charge in [0.2, 0.25) is 0 Å². The molecule has 0 bridgehead atoms. The minimum atomic E-state index is -4.26. The molecule has 0 saturated carbocycles. The minimum absolute atomic E-state index is 0.0696. The first-order valence-electron chi connectivity index (χ1n) is 8.75. The predicted molar refractivity (Wildman–Crippen MR) is 104 cm³/mol. The van der Waals surface area contributed by atoms with E-state index < -0.39 is 20.9 Å².